The molecule has 0 unspecified atom stereocenters. The zero-order valence-electron chi connectivity index (χ0n) is 17.1. The maximum atomic E-state index is 15.1. The molecule has 2 heterocycles. The Balaban J connectivity index is 1.57. The summed E-state index contributed by atoms with van der Waals surface area (Å²) in [6, 6.07) is 5.74. The van der Waals surface area contributed by atoms with E-state index in [0.29, 0.717) is 18.6 Å². The molecule has 1 N–H and O–H groups in total. The number of nitrogens with zero attached hydrogens (tertiary/aromatic N) is 2. The molecule has 11 heteroatoms. The predicted octanol–water partition coefficient (Wildman–Crippen LogP) is 5.31. The fourth-order valence-corrected chi connectivity index (χ4v) is 4.67. The number of benzene rings is 2. The Bertz CT molecular complexity index is 1260. The number of amides is 2. The number of hydrogen-bond donors (Lipinski definition) is 1. The lowest BCUT2D eigenvalue weighted by atomic mass is 10.0. The highest BCUT2D eigenvalue weighted by Gasteiger charge is 2.47. The summed E-state index contributed by atoms with van der Waals surface area (Å²) in [6.45, 7) is 1.77. The van der Waals surface area contributed by atoms with Gasteiger partial charge in [0.25, 0.3) is 11.8 Å². The first-order valence-electron chi connectivity index (χ1n) is 9.75. The number of carbonyl (C=O) groups is 2. The monoisotopic (exact) mass is 497 g/mol. The molecule has 0 radical (unpaired) electrons. The van der Waals surface area contributed by atoms with Gasteiger partial charge in [0.2, 0.25) is 0 Å². The fourth-order valence-electron chi connectivity index (χ4n) is 3.50. The van der Waals surface area contributed by atoms with Gasteiger partial charge in [0.15, 0.2) is 0 Å². The van der Waals surface area contributed by atoms with Gasteiger partial charge in [-0.2, -0.15) is 8.78 Å². The average Bonchev–Trinajstić information content (AvgIpc) is 3.15. The molecule has 0 atom stereocenters. The first-order chi connectivity index (χ1) is 15.6. The Morgan fingerprint density at radius 3 is 2.61 bits per heavy atom. The third-order valence-electron chi connectivity index (χ3n) is 5.14. The maximum absolute atomic E-state index is 15.1. The minimum atomic E-state index is -4.20. The number of aryl methyl sites for hydroxylation is 1. The van der Waals surface area contributed by atoms with Crippen LogP contribution in [0.2, 0.25) is 5.02 Å². The molecule has 1 aliphatic heterocycles. The van der Waals surface area contributed by atoms with E-state index in [4.69, 9.17) is 11.6 Å². The third kappa shape index (κ3) is 4.58. The molecule has 0 saturated heterocycles. The van der Waals surface area contributed by atoms with Crippen LogP contribution in [0.3, 0.4) is 0 Å². The molecule has 2 aromatic carbocycles. The Labute approximate surface area is 195 Å². The highest BCUT2D eigenvalue weighted by molar-refractivity contribution is 7.11. The van der Waals surface area contributed by atoms with Crippen LogP contribution in [-0.2, 0) is 23.7 Å². The number of halogens is 5. The van der Waals surface area contributed by atoms with Crippen molar-refractivity contribution in [1.82, 2.24) is 9.88 Å². The predicted molar refractivity (Wildman–Crippen MR) is 116 cm³/mol. The molecule has 5 nitrogen and oxygen atoms in total. The topological polar surface area (TPSA) is 62.3 Å². The first kappa shape index (κ1) is 23.2. The van der Waals surface area contributed by atoms with Crippen molar-refractivity contribution in [1.29, 1.82) is 0 Å². The van der Waals surface area contributed by atoms with Gasteiger partial charge in [0.05, 0.1) is 27.8 Å². The van der Waals surface area contributed by atoms with Crippen molar-refractivity contribution in [3.8, 4) is 0 Å². The van der Waals surface area contributed by atoms with Crippen molar-refractivity contribution in [2.45, 2.75) is 25.8 Å². The van der Waals surface area contributed by atoms with Crippen molar-refractivity contribution in [3.63, 3.8) is 0 Å². The van der Waals surface area contributed by atoms with Crippen LogP contribution in [0.4, 0.5) is 23.2 Å². The normalized spacial score (nSPS) is 13.6. The minimum Gasteiger partial charge on any atom is -0.332 e. The standard InChI is InChI=1S/C22H16ClF4N3O2S/c1-11-28-18-6-7-30(10-19(18)33-11)21(32)22(26,27)14-8-12(2-4-16(14)24)20(31)29-13-3-5-17(25)15(23)9-13/h2-5,8-9H,6-7,10H2,1H3,(H,29,31). The van der Waals surface area contributed by atoms with Gasteiger partial charge in [-0.1, -0.05) is 11.6 Å². The van der Waals surface area contributed by atoms with Gasteiger partial charge in [0, 0.05) is 29.1 Å². The van der Waals surface area contributed by atoms with E-state index in [1.54, 1.807) is 6.92 Å². The second-order valence-electron chi connectivity index (χ2n) is 7.43. The number of aromatic nitrogens is 1. The van der Waals surface area contributed by atoms with E-state index in [1.165, 1.54) is 17.4 Å². The van der Waals surface area contributed by atoms with Crippen molar-refractivity contribution < 1.29 is 27.2 Å². The summed E-state index contributed by atoms with van der Waals surface area (Å²) in [6.07, 6.45) is 0.326. The summed E-state index contributed by atoms with van der Waals surface area (Å²) in [5, 5.41) is 2.90. The number of hydrogen-bond acceptors (Lipinski definition) is 4. The number of anilines is 1. The van der Waals surface area contributed by atoms with Crippen LogP contribution in [0.5, 0.6) is 0 Å². The number of thiazole rings is 1. The van der Waals surface area contributed by atoms with Crippen molar-refractivity contribution in [3.05, 3.63) is 79.8 Å². The molecular weight excluding hydrogens is 482 g/mol. The summed E-state index contributed by atoms with van der Waals surface area (Å²) in [7, 11) is 0. The van der Waals surface area contributed by atoms with Crippen LogP contribution in [0, 0.1) is 18.6 Å². The molecule has 0 bridgehead atoms. The number of fused-ring (bicyclic) bond motifs is 1. The van der Waals surface area contributed by atoms with Crippen molar-refractivity contribution in [2.75, 3.05) is 11.9 Å². The van der Waals surface area contributed by atoms with E-state index < -0.39 is 34.9 Å². The van der Waals surface area contributed by atoms with Gasteiger partial charge in [-0.3, -0.25) is 9.59 Å². The minimum absolute atomic E-state index is 0.0255. The molecule has 172 valence electrons. The second kappa shape index (κ2) is 8.75. The Kier molecular flexibility index (Phi) is 6.15. The van der Waals surface area contributed by atoms with E-state index in [2.05, 4.69) is 10.3 Å². The van der Waals surface area contributed by atoms with Crippen LogP contribution < -0.4 is 5.32 Å². The fraction of sp³-hybridized carbons (Fsp3) is 0.227. The molecule has 1 aromatic heterocycles. The molecule has 3 aromatic rings. The quantitative estimate of drug-likeness (QED) is 0.497. The van der Waals surface area contributed by atoms with Gasteiger partial charge in [0.1, 0.15) is 11.6 Å². The molecule has 2 amide bonds. The van der Waals surface area contributed by atoms with E-state index >= 15 is 8.78 Å². The highest BCUT2D eigenvalue weighted by atomic mass is 35.5. The van der Waals surface area contributed by atoms with Crippen LogP contribution in [-0.4, -0.2) is 28.2 Å². The lowest BCUT2D eigenvalue weighted by molar-refractivity contribution is -0.160. The number of nitrogens with one attached hydrogen (secondary N) is 1. The first-order valence-corrected chi connectivity index (χ1v) is 10.9. The average molecular weight is 498 g/mol. The van der Waals surface area contributed by atoms with Gasteiger partial charge >= 0.3 is 5.92 Å². The van der Waals surface area contributed by atoms with Gasteiger partial charge < -0.3 is 10.2 Å². The lowest BCUT2D eigenvalue weighted by Crippen LogP contribution is -2.44. The van der Waals surface area contributed by atoms with Crippen LogP contribution >= 0.6 is 22.9 Å². The Morgan fingerprint density at radius 2 is 1.88 bits per heavy atom. The third-order valence-corrected chi connectivity index (χ3v) is 6.43. The molecule has 0 saturated carbocycles. The van der Waals surface area contributed by atoms with Crippen LogP contribution in [0.1, 0.15) is 31.5 Å². The lowest BCUT2D eigenvalue weighted by Gasteiger charge is -2.30. The van der Waals surface area contributed by atoms with E-state index in [0.717, 1.165) is 38.7 Å². The van der Waals surface area contributed by atoms with Crippen molar-refractivity contribution in [2.24, 2.45) is 0 Å². The summed E-state index contributed by atoms with van der Waals surface area (Å²) < 4.78 is 57.9. The molecule has 0 fully saturated rings. The highest BCUT2D eigenvalue weighted by Crippen LogP contribution is 2.35. The summed E-state index contributed by atoms with van der Waals surface area (Å²) >= 11 is 6.99. The van der Waals surface area contributed by atoms with E-state index in [9.17, 15) is 18.4 Å². The maximum Gasteiger partial charge on any atom is 0.352 e. The molecule has 0 aliphatic carbocycles. The zero-order chi connectivity index (χ0) is 23.9. The molecular formula is C22H16ClF4N3O2S. The summed E-state index contributed by atoms with van der Waals surface area (Å²) in [4.78, 5) is 31.2. The van der Waals surface area contributed by atoms with Gasteiger partial charge in [-0.15, -0.1) is 11.3 Å². The Hall–Kier alpha value is -2.98. The van der Waals surface area contributed by atoms with Crippen molar-refractivity contribution >= 4 is 40.4 Å². The molecule has 1 aliphatic rings. The molecule has 4 rings (SSSR count). The van der Waals surface area contributed by atoms with Gasteiger partial charge in [-0.25, -0.2) is 13.8 Å². The second-order valence-corrected chi connectivity index (χ2v) is 9.13. The zero-order valence-corrected chi connectivity index (χ0v) is 18.7. The largest absolute Gasteiger partial charge is 0.352 e. The van der Waals surface area contributed by atoms with E-state index in [1.807, 2.05) is 0 Å². The smallest absolute Gasteiger partial charge is 0.332 e. The molecule has 0 spiro atoms. The van der Waals surface area contributed by atoms with E-state index in [-0.39, 0.29) is 29.4 Å². The number of alkyl halides is 2. The number of rotatable bonds is 4. The summed E-state index contributed by atoms with van der Waals surface area (Å²) in [5.74, 6) is -8.63. The van der Waals surface area contributed by atoms with Gasteiger partial charge in [-0.05, 0) is 43.3 Å². The SMILES string of the molecule is Cc1nc2c(s1)CN(C(=O)C(F)(F)c1cc(C(=O)Nc3ccc(F)c(Cl)c3)ccc1F)CC2. The Morgan fingerprint density at radius 1 is 1.15 bits per heavy atom. The molecule has 33 heavy (non-hydrogen) atoms. The van der Waals surface area contributed by atoms with Crippen LogP contribution in [0.25, 0.3) is 0 Å². The summed E-state index contributed by atoms with van der Waals surface area (Å²) in [5.41, 5.74) is -0.624. The number of carbonyl (C=O) groups excluding carboxylic acids is 2. The van der Waals surface area contributed by atoms with Crippen LogP contribution in [0.15, 0.2) is 36.4 Å².